The number of hydrogen-bond acceptors (Lipinski definition) is 5. The molecule has 0 spiro atoms. The zero-order valence-electron chi connectivity index (χ0n) is 14.8. The molecule has 1 saturated heterocycles. The van der Waals surface area contributed by atoms with Gasteiger partial charge >= 0.3 is 0 Å². The molecule has 1 aromatic carbocycles. The molecule has 0 bridgehead atoms. The van der Waals surface area contributed by atoms with Crippen LogP contribution >= 0.6 is 12.2 Å². The number of nitrogens with zero attached hydrogens (tertiary/aromatic N) is 5. The molecular formula is C17H23N6O2S+. The predicted molar refractivity (Wildman–Crippen MR) is 100 cm³/mol. The van der Waals surface area contributed by atoms with Crippen LogP contribution in [0.3, 0.4) is 0 Å². The van der Waals surface area contributed by atoms with E-state index in [4.69, 9.17) is 12.2 Å². The Hall–Kier alpha value is -2.26. The lowest BCUT2D eigenvalue weighted by Gasteiger charge is -2.33. The van der Waals surface area contributed by atoms with E-state index in [1.165, 1.54) is 17.7 Å². The first-order valence-electron chi connectivity index (χ1n) is 9.02. The first-order valence-corrected chi connectivity index (χ1v) is 9.42. The molecular weight excluding hydrogens is 352 g/mol. The Morgan fingerprint density at radius 3 is 2.50 bits per heavy atom. The Morgan fingerprint density at radius 2 is 1.92 bits per heavy atom. The molecule has 9 heteroatoms. The Kier molecular flexibility index (Phi) is 4.49. The van der Waals surface area contributed by atoms with Crippen molar-refractivity contribution >= 4 is 23.6 Å². The summed E-state index contributed by atoms with van der Waals surface area (Å²) in [6, 6.07) is 7.37. The minimum Gasteiger partial charge on any atom is -0.360 e. The van der Waals surface area contributed by atoms with Gasteiger partial charge in [0, 0.05) is 23.9 Å². The first-order chi connectivity index (χ1) is 12.5. The van der Waals surface area contributed by atoms with Crippen molar-refractivity contribution in [1.82, 2.24) is 14.3 Å². The third-order valence-corrected chi connectivity index (χ3v) is 5.63. The van der Waals surface area contributed by atoms with Crippen LogP contribution in [0.2, 0.25) is 0 Å². The Bertz CT molecular complexity index is 862. The van der Waals surface area contributed by atoms with Crippen LogP contribution in [0.4, 0.5) is 11.4 Å². The smallest absolute Gasteiger partial charge is 0.269 e. The normalized spacial score (nSPS) is 18.3. The van der Waals surface area contributed by atoms with Crippen LogP contribution in [0.5, 0.6) is 0 Å². The summed E-state index contributed by atoms with van der Waals surface area (Å²) in [7, 11) is 0. The maximum Gasteiger partial charge on any atom is 0.269 e. The number of aryl methyl sites for hydroxylation is 1. The van der Waals surface area contributed by atoms with Gasteiger partial charge in [-0.15, -0.1) is 0 Å². The lowest BCUT2D eigenvalue weighted by Crippen LogP contribution is -3.14. The Morgan fingerprint density at radius 1 is 1.27 bits per heavy atom. The van der Waals surface area contributed by atoms with E-state index in [2.05, 4.69) is 14.6 Å². The summed E-state index contributed by atoms with van der Waals surface area (Å²) in [5, 5.41) is 15.4. The largest absolute Gasteiger partial charge is 0.360 e. The van der Waals surface area contributed by atoms with E-state index >= 15 is 0 Å². The highest BCUT2D eigenvalue weighted by atomic mass is 32.1. The molecule has 0 radical (unpaired) electrons. The quantitative estimate of drug-likeness (QED) is 0.485. The number of non-ortho nitro benzene ring substituents is 1. The van der Waals surface area contributed by atoms with Crippen LogP contribution in [0, 0.1) is 21.8 Å². The van der Waals surface area contributed by atoms with Crippen molar-refractivity contribution in [2.45, 2.75) is 32.5 Å². The third-order valence-electron chi connectivity index (χ3n) is 5.22. The minimum atomic E-state index is -0.363. The van der Waals surface area contributed by atoms with Crippen molar-refractivity contribution in [1.29, 1.82) is 0 Å². The zero-order valence-corrected chi connectivity index (χ0v) is 15.6. The molecule has 2 aromatic rings. The fourth-order valence-electron chi connectivity index (χ4n) is 3.62. The summed E-state index contributed by atoms with van der Waals surface area (Å²) < 4.78 is 5.01. The number of hydrogen-bond donors (Lipinski definition) is 1. The number of benzene rings is 1. The van der Waals surface area contributed by atoms with E-state index in [-0.39, 0.29) is 10.6 Å². The van der Waals surface area contributed by atoms with Crippen molar-refractivity contribution in [2.75, 3.05) is 31.1 Å². The third kappa shape index (κ3) is 3.36. The maximum atomic E-state index is 10.8. The van der Waals surface area contributed by atoms with Gasteiger partial charge in [-0.3, -0.25) is 10.1 Å². The minimum absolute atomic E-state index is 0.133. The monoisotopic (exact) mass is 375 g/mol. The number of aromatic nitrogens is 3. The summed E-state index contributed by atoms with van der Waals surface area (Å²) in [5.74, 6) is 1.02. The average Bonchev–Trinajstić information content (AvgIpc) is 3.42. The Balaban J connectivity index is 1.37. The molecule has 4 rings (SSSR count). The van der Waals surface area contributed by atoms with E-state index in [0.29, 0.717) is 6.04 Å². The van der Waals surface area contributed by atoms with Gasteiger partial charge in [-0.05, 0) is 44.1 Å². The topological polar surface area (TPSA) is 73.6 Å². The SMILES string of the molecule is Cc1nn(C[NH+]2CCN(c3ccc([N+](=O)[O-])cc3)CC2)c(=S)n1C1CC1. The fourth-order valence-corrected chi connectivity index (χ4v) is 4.01. The number of rotatable bonds is 5. The number of nitro benzene ring substituents is 1. The molecule has 1 aliphatic heterocycles. The van der Waals surface area contributed by atoms with Crippen LogP contribution in [0.1, 0.15) is 24.7 Å². The second-order valence-corrected chi connectivity index (χ2v) is 7.46. The summed E-state index contributed by atoms with van der Waals surface area (Å²) in [6.45, 7) is 6.66. The zero-order chi connectivity index (χ0) is 18.3. The molecule has 1 N–H and O–H groups in total. The maximum absolute atomic E-state index is 10.8. The van der Waals surface area contributed by atoms with Gasteiger partial charge in [0.2, 0.25) is 4.77 Å². The number of quaternary nitrogens is 1. The number of anilines is 1. The second-order valence-electron chi connectivity index (χ2n) is 7.10. The van der Waals surface area contributed by atoms with Gasteiger partial charge in [0.1, 0.15) is 5.82 Å². The predicted octanol–water partition coefficient (Wildman–Crippen LogP) is 1.33. The molecule has 8 nitrogen and oxygen atoms in total. The van der Waals surface area contributed by atoms with Crippen LogP contribution in [-0.2, 0) is 6.67 Å². The molecule has 26 heavy (non-hydrogen) atoms. The number of nitro groups is 1. The van der Waals surface area contributed by atoms with Crippen molar-refractivity contribution < 1.29 is 9.82 Å². The highest BCUT2D eigenvalue weighted by Crippen LogP contribution is 2.35. The van der Waals surface area contributed by atoms with Gasteiger partial charge in [-0.25, -0.2) is 0 Å². The van der Waals surface area contributed by atoms with E-state index in [1.54, 1.807) is 12.1 Å². The molecule has 2 aliphatic rings. The summed E-state index contributed by atoms with van der Waals surface area (Å²) in [4.78, 5) is 14.1. The summed E-state index contributed by atoms with van der Waals surface area (Å²) in [6.07, 6.45) is 2.42. The standard InChI is InChI=1S/C17H22N6O2S/c1-13-18-21(17(26)22(13)15-4-5-15)12-19-8-10-20(11-9-19)14-2-6-16(7-3-14)23(24)25/h2-3,6-7,15H,4-5,8-12H2,1H3/p+1. The van der Waals surface area contributed by atoms with Crippen molar-refractivity contribution in [3.63, 3.8) is 0 Å². The van der Waals surface area contributed by atoms with Crippen molar-refractivity contribution in [3.05, 3.63) is 45.0 Å². The average molecular weight is 375 g/mol. The van der Waals surface area contributed by atoms with Gasteiger partial charge in [-0.1, -0.05) is 0 Å². The molecule has 138 valence electrons. The molecule has 0 atom stereocenters. The van der Waals surface area contributed by atoms with Gasteiger partial charge in [0.05, 0.1) is 31.1 Å². The summed E-state index contributed by atoms with van der Waals surface area (Å²) in [5.41, 5.74) is 1.18. The van der Waals surface area contributed by atoms with Gasteiger partial charge in [0.25, 0.3) is 5.69 Å². The number of piperazine rings is 1. The highest BCUT2D eigenvalue weighted by Gasteiger charge is 2.28. The lowest BCUT2D eigenvalue weighted by molar-refractivity contribution is -0.924. The van der Waals surface area contributed by atoms with Gasteiger partial charge in [0.15, 0.2) is 6.67 Å². The van der Waals surface area contributed by atoms with Crippen LogP contribution < -0.4 is 9.80 Å². The lowest BCUT2D eigenvalue weighted by atomic mass is 10.2. The van der Waals surface area contributed by atoms with E-state index < -0.39 is 0 Å². The molecule has 0 unspecified atom stereocenters. The molecule has 2 heterocycles. The second kappa shape index (κ2) is 6.81. The molecule has 2 fully saturated rings. The Labute approximate surface area is 156 Å². The van der Waals surface area contributed by atoms with Crippen molar-refractivity contribution in [3.8, 4) is 0 Å². The van der Waals surface area contributed by atoms with E-state index in [1.807, 2.05) is 23.7 Å². The number of nitrogens with one attached hydrogen (secondary N) is 1. The van der Waals surface area contributed by atoms with Crippen LogP contribution in [0.25, 0.3) is 0 Å². The molecule has 1 aliphatic carbocycles. The highest BCUT2D eigenvalue weighted by molar-refractivity contribution is 7.71. The van der Waals surface area contributed by atoms with Crippen molar-refractivity contribution in [2.24, 2.45) is 0 Å². The molecule has 1 aromatic heterocycles. The van der Waals surface area contributed by atoms with E-state index in [9.17, 15) is 10.1 Å². The van der Waals surface area contributed by atoms with E-state index in [0.717, 1.165) is 49.1 Å². The van der Waals surface area contributed by atoms with Gasteiger partial charge < -0.3 is 14.4 Å². The van der Waals surface area contributed by atoms with Crippen LogP contribution in [0.15, 0.2) is 24.3 Å². The molecule has 0 amide bonds. The first kappa shape index (κ1) is 17.2. The summed E-state index contributed by atoms with van der Waals surface area (Å²) >= 11 is 5.62. The van der Waals surface area contributed by atoms with Gasteiger partial charge in [-0.2, -0.15) is 9.78 Å². The molecule has 1 saturated carbocycles. The van der Waals surface area contributed by atoms with Crippen LogP contribution in [-0.4, -0.2) is 45.4 Å². The fraction of sp³-hybridized carbons (Fsp3) is 0.529.